The minimum absolute atomic E-state index is 0.0463. The van der Waals surface area contributed by atoms with Crippen LogP contribution in [0.15, 0.2) is 24.3 Å². The van der Waals surface area contributed by atoms with Crippen LogP contribution in [0.2, 0.25) is 0 Å². The Morgan fingerprint density at radius 3 is 2.47 bits per heavy atom. The van der Waals surface area contributed by atoms with Crippen LogP contribution in [0.5, 0.6) is 5.75 Å². The van der Waals surface area contributed by atoms with E-state index < -0.39 is 0 Å². The number of nitrogens with one attached hydrogen (secondary N) is 1. The summed E-state index contributed by atoms with van der Waals surface area (Å²) in [4.78, 5) is 0. The molecule has 0 heterocycles. The van der Waals surface area contributed by atoms with Crippen LogP contribution in [0, 0.1) is 5.41 Å². The summed E-state index contributed by atoms with van der Waals surface area (Å²) < 4.78 is 5.60. The molecule has 82 valence electrons. The van der Waals surface area contributed by atoms with Gasteiger partial charge in [0.15, 0.2) is 0 Å². The van der Waals surface area contributed by atoms with E-state index in [1.807, 2.05) is 19.1 Å². The van der Waals surface area contributed by atoms with E-state index in [4.69, 9.17) is 15.9 Å². The Balaban J connectivity index is 2.53. The van der Waals surface area contributed by atoms with Gasteiger partial charge in [-0.2, -0.15) is 0 Å². The summed E-state index contributed by atoms with van der Waals surface area (Å²) in [6.45, 7) is 4.03. The maximum absolute atomic E-state index is 7.15. The highest BCUT2D eigenvalue weighted by atomic mass is 16.5. The molecule has 0 aliphatic rings. The lowest BCUT2D eigenvalue weighted by Gasteiger charge is -2.13. The van der Waals surface area contributed by atoms with Crippen molar-refractivity contribution in [3.8, 4) is 5.75 Å². The molecule has 15 heavy (non-hydrogen) atoms. The Hall–Kier alpha value is -1.51. The van der Waals surface area contributed by atoms with Crippen molar-refractivity contribution < 1.29 is 4.74 Å². The number of nitrogens with two attached hydrogens (primary N) is 1. The topological polar surface area (TPSA) is 59.1 Å². The number of amidine groups is 1. The zero-order valence-electron chi connectivity index (χ0n) is 9.29. The fourth-order valence-corrected chi connectivity index (χ4v) is 1.39. The van der Waals surface area contributed by atoms with E-state index in [0.717, 1.165) is 12.2 Å². The first-order chi connectivity index (χ1) is 7.11. The first-order valence-corrected chi connectivity index (χ1v) is 5.20. The molecule has 0 bridgehead atoms. The quantitative estimate of drug-likeness (QED) is 0.574. The zero-order chi connectivity index (χ0) is 11.3. The standard InChI is InChI=1S/C12H18N2O/c1-3-10-4-6-11(7-5-10)15-9(2)8-12(13)14/h4-7,9H,3,8H2,1-2H3,(H3,13,14). The second-order valence-corrected chi connectivity index (χ2v) is 3.66. The van der Waals surface area contributed by atoms with Crippen LogP contribution in [0.4, 0.5) is 0 Å². The van der Waals surface area contributed by atoms with Crippen molar-refractivity contribution in [3.63, 3.8) is 0 Å². The lowest BCUT2D eigenvalue weighted by Crippen LogP contribution is -2.21. The van der Waals surface area contributed by atoms with Gasteiger partial charge in [0.2, 0.25) is 0 Å². The average Bonchev–Trinajstić information content (AvgIpc) is 2.17. The van der Waals surface area contributed by atoms with Gasteiger partial charge in [0.1, 0.15) is 11.9 Å². The number of hydrogen-bond donors (Lipinski definition) is 2. The molecule has 0 spiro atoms. The van der Waals surface area contributed by atoms with E-state index in [2.05, 4.69) is 19.1 Å². The van der Waals surface area contributed by atoms with Crippen LogP contribution in [-0.2, 0) is 6.42 Å². The molecule has 1 rings (SSSR count). The molecule has 3 nitrogen and oxygen atoms in total. The minimum Gasteiger partial charge on any atom is -0.490 e. The van der Waals surface area contributed by atoms with Gasteiger partial charge in [-0.05, 0) is 31.0 Å². The first kappa shape index (κ1) is 11.6. The predicted octanol–water partition coefficient (Wildman–Crippen LogP) is 2.34. The van der Waals surface area contributed by atoms with Crippen molar-refractivity contribution in [2.75, 3.05) is 0 Å². The highest BCUT2D eigenvalue weighted by Crippen LogP contribution is 2.14. The number of ether oxygens (including phenoxy) is 1. The molecule has 0 aromatic heterocycles. The highest BCUT2D eigenvalue weighted by molar-refractivity contribution is 5.77. The number of rotatable bonds is 5. The van der Waals surface area contributed by atoms with Gasteiger partial charge < -0.3 is 10.5 Å². The third-order valence-electron chi connectivity index (χ3n) is 2.18. The molecule has 1 aromatic carbocycles. The van der Waals surface area contributed by atoms with Gasteiger partial charge >= 0.3 is 0 Å². The summed E-state index contributed by atoms with van der Waals surface area (Å²) in [7, 11) is 0. The molecule has 1 aromatic rings. The van der Waals surface area contributed by atoms with Crippen LogP contribution in [0.1, 0.15) is 25.8 Å². The fraction of sp³-hybridized carbons (Fsp3) is 0.417. The fourth-order valence-electron chi connectivity index (χ4n) is 1.39. The number of aryl methyl sites for hydroxylation is 1. The molecular weight excluding hydrogens is 188 g/mol. The van der Waals surface area contributed by atoms with Crippen LogP contribution < -0.4 is 10.5 Å². The molecule has 0 amide bonds. The molecular formula is C12H18N2O. The average molecular weight is 206 g/mol. The van der Waals surface area contributed by atoms with E-state index in [-0.39, 0.29) is 11.9 Å². The summed E-state index contributed by atoms with van der Waals surface area (Å²) >= 11 is 0. The van der Waals surface area contributed by atoms with Crippen LogP contribution >= 0.6 is 0 Å². The van der Waals surface area contributed by atoms with Gasteiger partial charge in [-0.25, -0.2) is 0 Å². The minimum atomic E-state index is -0.0463. The third kappa shape index (κ3) is 4.02. The second-order valence-electron chi connectivity index (χ2n) is 3.66. The lowest BCUT2D eigenvalue weighted by molar-refractivity contribution is 0.229. The molecule has 0 saturated heterocycles. The maximum atomic E-state index is 7.15. The van der Waals surface area contributed by atoms with E-state index in [0.29, 0.717) is 6.42 Å². The van der Waals surface area contributed by atoms with Crippen molar-refractivity contribution in [1.82, 2.24) is 0 Å². The molecule has 0 radical (unpaired) electrons. The van der Waals surface area contributed by atoms with Crippen LogP contribution in [0.25, 0.3) is 0 Å². The van der Waals surface area contributed by atoms with Crippen LogP contribution in [0.3, 0.4) is 0 Å². The maximum Gasteiger partial charge on any atom is 0.119 e. The number of benzene rings is 1. The van der Waals surface area contributed by atoms with Gasteiger partial charge in [0.05, 0.1) is 5.84 Å². The Kier molecular flexibility index (Phi) is 4.16. The van der Waals surface area contributed by atoms with Crippen molar-refractivity contribution in [2.24, 2.45) is 5.73 Å². The van der Waals surface area contributed by atoms with E-state index in [9.17, 15) is 0 Å². The lowest BCUT2D eigenvalue weighted by atomic mass is 10.2. The summed E-state index contributed by atoms with van der Waals surface area (Å²) in [6, 6.07) is 8.01. The van der Waals surface area contributed by atoms with Gasteiger partial charge in [-0.3, -0.25) is 5.41 Å². The van der Waals surface area contributed by atoms with E-state index >= 15 is 0 Å². The molecule has 3 N–H and O–H groups in total. The van der Waals surface area contributed by atoms with Gasteiger partial charge in [0, 0.05) is 6.42 Å². The van der Waals surface area contributed by atoms with Crippen molar-refractivity contribution in [2.45, 2.75) is 32.8 Å². The van der Waals surface area contributed by atoms with Gasteiger partial charge in [-0.1, -0.05) is 19.1 Å². The SMILES string of the molecule is CCc1ccc(OC(C)CC(=N)N)cc1. The van der Waals surface area contributed by atoms with Gasteiger partial charge in [0.25, 0.3) is 0 Å². The largest absolute Gasteiger partial charge is 0.490 e. The molecule has 0 aliphatic carbocycles. The number of hydrogen-bond acceptors (Lipinski definition) is 2. The molecule has 1 unspecified atom stereocenters. The van der Waals surface area contributed by atoms with E-state index in [1.54, 1.807) is 0 Å². The Morgan fingerprint density at radius 1 is 1.40 bits per heavy atom. The smallest absolute Gasteiger partial charge is 0.119 e. The Labute approximate surface area is 90.8 Å². The van der Waals surface area contributed by atoms with E-state index in [1.165, 1.54) is 5.56 Å². The van der Waals surface area contributed by atoms with Crippen molar-refractivity contribution in [3.05, 3.63) is 29.8 Å². The molecule has 0 aliphatic heterocycles. The summed E-state index contributed by atoms with van der Waals surface area (Å²) in [5.74, 6) is 0.994. The molecule has 0 saturated carbocycles. The predicted molar refractivity (Wildman–Crippen MR) is 62.4 cm³/mol. The van der Waals surface area contributed by atoms with Gasteiger partial charge in [-0.15, -0.1) is 0 Å². The zero-order valence-corrected chi connectivity index (χ0v) is 9.29. The van der Waals surface area contributed by atoms with Crippen molar-refractivity contribution in [1.29, 1.82) is 5.41 Å². The monoisotopic (exact) mass is 206 g/mol. The Bertz CT molecular complexity index is 319. The highest BCUT2D eigenvalue weighted by Gasteiger charge is 2.05. The first-order valence-electron chi connectivity index (χ1n) is 5.20. The normalized spacial score (nSPS) is 12.1. The summed E-state index contributed by atoms with van der Waals surface area (Å²) in [5.41, 5.74) is 6.59. The van der Waals surface area contributed by atoms with Crippen molar-refractivity contribution >= 4 is 5.84 Å². The molecule has 0 fully saturated rings. The molecule has 3 heteroatoms. The molecule has 1 atom stereocenters. The Morgan fingerprint density at radius 2 is 2.00 bits per heavy atom. The van der Waals surface area contributed by atoms with Crippen LogP contribution in [-0.4, -0.2) is 11.9 Å². The summed E-state index contributed by atoms with van der Waals surface area (Å²) in [6.07, 6.45) is 1.45. The second kappa shape index (κ2) is 5.39. The summed E-state index contributed by atoms with van der Waals surface area (Å²) in [5, 5.41) is 7.15. The third-order valence-corrected chi connectivity index (χ3v) is 2.18.